The van der Waals surface area contributed by atoms with Crippen molar-refractivity contribution < 1.29 is 8.78 Å². The summed E-state index contributed by atoms with van der Waals surface area (Å²) in [4.78, 5) is 4.00. The summed E-state index contributed by atoms with van der Waals surface area (Å²) in [5.41, 5.74) is 1.06. The van der Waals surface area contributed by atoms with Crippen molar-refractivity contribution in [2.75, 3.05) is 5.84 Å². The van der Waals surface area contributed by atoms with E-state index in [-0.39, 0.29) is 6.42 Å². The molecule has 0 saturated heterocycles. The van der Waals surface area contributed by atoms with Crippen molar-refractivity contribution in [3.63, 3.8) is 0 Å². The number of aromatic nitrogens is 2. The molecule has 5 heteroatoms. The molecule has 74 valence electrons. The molecule has 2 heterocycles. The first-order valence-corrected chi connectivity index (χ1v) is 4.16. The van der Waals surface area contributed by atoms with Crippen molar-refractivity contribution in [2.24, 2.45) is 0 Å². The fraction of sp³-hybridized carbons (Fsp3) is 0.222. The van der Waals surface area contributed by atoms with E-state index in [9.17, 15) is 8.78 Å². The lowest BCUT2D eigenvalue weighted by Gasteiger charge is -1.95. The number of nitrogens with two attached hydrogens (primary N) is 1. The van der Waals surface area contributed by atoms with Crippen LogP contribution in [0.3, 0.4) is 0 Å². The fourth-order valence-electron chi connectivity index (χ4n) is 1.48. The molecule has 0 radical (unpaired) electrons. The lowest BCUT2D eigenvalue weighted by Crippen LogP contribution is -2.06. The minimum absolute atomic E-state index is 0.285. The average Bonchev–Trinajstić information content (AvgIpc) is 2.44. The first-order chi connectivity index (χ1) is 6.68. The summed E-state index contributed by atoms with van der Waals surface area (Å²) in [6.07, 6.45) is 0.425. The van der Waals surface area contributed by atoms with Gasteiger partial charge in [-0.15, -0.1) is 0 Å². The second kappa shape index (κ2) is 3.25. The van der Waals surface area contributed by atoms with E-state index in [0.29, 0.717) is 16.6 Å². The minimum atomic E-state index is -2.36. The van der Waals surface area contributed by atoms with Crippen LogP contribution in [0.5, 0.6) is 0 Å². The highest BCUT2D eigenvalue weighted by Crippen LogP contribution is 2.19. The average molecular weight is 197 g/mol. The highest BCUT2D eigenvalue weighted by atomic mass is 19.3. The minimum Gasteiger partial charge on any atom is -0.338 e. The van der Waals surface area contributed by atoms with Crippen LogP contribution in [-0.4, -0.2) is 16.1 Å². The van der Waals surface area contributed by atoms with E-state index >= 15 is 0 Å². The third-order valence-corrected chi connectivity index (χ3v) is 2.05. The van der Waals surface area contributed by atoms with Crippen LogP contribution in [0.25, 0.3) is 11.0 Å². The summed E-state index contributed by atoms with van der Waals surface area (Å²) in [6, 6.07) is 3.45. The number of hydrogen-bond acceptors (Lipinski definition) is 2. The summed E-state index contributed by atoms with van der Waals surface area (Å²) in [6.45, 7) is 0. The second-order valence-electron chi connectivity index (χ2n) is 3.03. The molecule has 0 amide bonds. The topological polar surface area (TPSA) is 43.8 Å². The first kappa shape index (κ1) is 8.93. The molecule has 0 spiro atoms. The zero-order chi connectivity index (χ0) is 10.1. The standard InChI is InChI=1S/C9H9F2N3/c10-8(11)4-6-5-14(12)9-7(6)2-1-3-13-9/h1-3,5,8H,4,12H2. The molecule has 0 aliphatic heterocycles. The summed E-state index contributed by atoms with van der Waals surface area (Å²) in [5, 5.41) is 0.690. The largest absolute Gasteiger partial charge is 0.338 e. The van der Waals surface area contributed by atoms with E-state index in [2.05, 4.69) is 4.98 Å². The third kappa shape index (κ3) is 1.41. The normalized spacial score (nSPS) is 11.4. The molecule has 0 fully saturated rings. The van der Waals surface area contributed by atoms with Gasteiger partial charge in [0.25, 0.3) is 0 Å². The van der Waals surface area contributed by atoms with Crippen LogP contribution in [-0.2, 0) is 6.42 Å². The molecule has 0 aliphatic rings. The molecule has 2 N–H and O–H groups in total. The van der Waals surface area contributed by atoms with E-state index in [4.69, 9.17) is 5.84 Å². The highest BCUT2D eigenvalue weighted by molar-refractivity contribution is 5.80. The van der Waals surface area contributed by atoms with Gasteiger partial charge in [0.2, 0.25) is 6.43 Å². The van der Waals surface area contributed by atoms with Gasteiger partial charge in [0.15, 0.2) is 5.65 Å². The van der Waals surface area contributed by atoms with Gasteiger partial charge in [-0.3, -0.25) is 4.68 Å². The Morgan fingerprint density at radius 3 is 3.00 bits per heavy atom. The van der Waals surface area contributed by atoms with Crippen molar-refractivity contribution >= 4 is 11.0 Å². The molecule has 0 atom stereocenters. The smallest absolute Gasteiger partial charge is 0.242 e. The number of nitrogens with zero attached hydrogens (tertiary/aromatic N) is 2. The Hall–Kier alpha value is -1.65. The highest BCUT2D eigenvalue weighted by Gasteiger charge is 2.11. The van der Waals surface area contributed by atoms with Gasteiger partial charge in [0.1, 0.15) is 0 Å². The maximum Gasteiger partial charge on any atom is 0.242 e. The van der Waals surface area contributed by atoms with E-state index in [1.54, 1.807) is 18.3 Å². The number of pyridine rings is 1. The van der Waals surface area contributed by atoms with Crippen molar-refractivity contribution in [3.8, 4) is 0 Å². The van der Waals surface area contributed by atoms with E-state index in [1.165, 1.54) is 10.9 Å². The van der Waals surface area contributed by atoms with Crippen molar-refractivity contribution in [1.82, 2.24) is 9.66 Å². The molecule has 0 unspecified atom stereocenters. The Bertz CT molecular complexity index is 450. The van der Waals surface area contributed by atoms with Gasteiger partial charge in [-0.2, -0.15) is 0 Å². The molecule has 2 rings (SSSR count). The molecular weight excluding hydrogens is 188 g/mol. The zero-order valence-electron chi connectivity index (χ0n) is 7.32. The zero-order valence-corrected chi connectivity index (χ0v) is 7.32. The van der Waals surface area contributed by atoms with Crippen LogP contribution in [0.1, 0.15) is 5.56 Å². The van der Waals surface area contributed by atoms with Gasteiger partial charge in [0.05, 0.1) is 0 Å². The Kier molecular flexibility index (Phi) is 2.07. The second-order valence-corrected chi connectivity index (χ2v) is 3.03. The Morgan fingerprint density at radius 2 is 2.29 bits per heavy atom. The third-order valence-electron chi connectivity index (χ3n) is 2.05. The van der Waals surface area contributed by atoms with Crippen LogP contribution in [0.2, 0.25) is 0 Å². The number of rotatable bonds is 2. The predicted molar refractivity (Wildman–Crippen MR) is 49.6 cm³/mol. The molecule has 3 nitrogen and oxygen atoms in total. The Balaban J connectivity index is 2.55. The number of halogens is 2. The summed E-state index contributed by atoms with van der Waals surface area (Å²) < 4.78 is 25.6. The summed E-state index contributed by atoms with van der Waals surface area (Å²) in [7, 11) is 0. The molecule has 2 aromatic heterocycles. The van der Waals surface area contributed by atoms with Crippen molar-refractivity contribution in [2.45, 2.75) is 12.8 Å². The maximum atomic E-state index is 12.2. The van der Waals surface area contributed by atoms with Crippen LogP contribution in [0, 0.1) is 0 Å². The van der Waals surface area contributed by atoms with Gasteiger partial charge in [-0.05, 0) is 17.7 Å². The monoisotopic (exact) mass is 197 g/mol. The number of hydrogen-bond donors (Lipinski definition) is 1. The lowest BCUT2D eigenvalue weighted by atomic mass is 10.2. The summed E-state index contributed by atoms with van der Waals surface area (Å²) in [5.74, 6) is 5.56. The van der Waals surface area contributed by atoms with Crippen molar-refractivity contribution in [1.29, 1.82) is 0 Å². The number of nitrogen functional groups attached to an aromatic ring is 1. The lowest BCUT2D eigenvalue weighted by molar-refractivity contribution is 0.149. The van der Waals surface area contributed by atoms with E-state index in [0.717, 1.165) is 0 Å². The fourth-order valence-corrected chi connectivity index (χ4v) is 1.48. The van der Waals surface area contributed by atoms with Crippen LogP contribution >= 0.6 is 0 Å². The Morgan fingerprint density at radius 1 is 1.50 bits per heavy atom. The quantitative estimate of drug-likeness (QED) is 0.742. The van der Waals surface area contributed by atoms with E-state index in [1.807, 2.05) is 0 Å². The molecule has 0 aromatic carbocycles. The van der Waals surface area contributed by atoms with Gasteiger partial charge >= 0.3 is 0 Å². The van der Waals surface area contributed by atoms with Crippen LogP contribution in [0.15, 0.2) is 24.5 Å². The van der Waals surface area contributed by atoms with Gasteiger partial charge < -0.3 is 5.84 Å². The van der Waals surface area contributed by atoms with Gasteiger partial charge in [0, 0.05) is 24.2 Å². The van der Waals surface area contributed by atoms with Gasteiger partial charge in [-0.25, -0.2) is 13.8 Å². The SMILES string of the molecule is Nn1cc(CC(F)F)c2cccnc21. The molecular formula is C9H9F2N3. The first-order valence-electron chi connectivity index (χ1n) is 4.16. The molecule has 0 aliphatic carbocycles. The number of alkyl halides is 2. The molecule has 0 saturated carbocycles. The van der Waals surface area contributed by atoms with Crippen molar-refractivity contribution in [3.05, 3.63) is 30.1 Å². The molecule has 0 bridgehead atoms. The maximum absolute atomic E-state index is 12.2. The van der Waals surface area contributed by atoms with Gasteiger partial charge in [-0.1, -0.05) is 0 Å². The van der Waals surface area contributed by atoms with Crippen LogP contribution < -0.4 is 5.84 Å². The van der Waals surface area contributed by atoms with Crippen LogP contribution in [0.4, 0.5) is 8.78 Å². The predicted octanol–water partition coefficient (Wildman–Crippen LogP) is 1.56. The van der Waals surface area contributed by atoms with E-state index < -0.39 is 6.43 Å². The number of fused-ring (bicyclic) bond motifs is 1. The molecule has 14 heavy (non-hydrogen) atoms. The molecule has 2 aromatic rings. The Labute approximate surface area is 79.1 Å². The summed E-state index contributed by atoms with van der Waals surface area (Å²) >= 11 is 0.